The third-order valence-electron chi connectivity index (χ3n) is 1.52. The fraction of sp³-hybridized carbons (Fsp3) is 1.00. The average molecular weight is 161 g/mol. The Hall–Kier alpha value is 0.137. The van der Waals surface area contributed by atoms with Crippen LogP contribution in [-0.4, -0.2) is 48.1 Å². The molecule has 0 aliphatic heterocycles. The van der Waals surface area contributed by atoms with Gasteiger partial charge in [-0.1, -0.05) is 6.92 Å². The topological polar surface area (TPSA) is 12.5 Å². The summed E-state index contributed by atoms with van der Waals surface area (Å²) in [5, 5.41) is 0. The summed E-state index contributed by atoms with van der Waals surface area (Å²) in [4.78, 5) is 2.14. The van der Waals surface area contributed by atoms with Gasteiger partial charge in [0.2, 0.25) is 0 Å². The Bertz CT molecular complexity index is 78.0. The van der Waals surface area contributed by atoms with Gasteiger partial charge in [0.1, 0.15) is 0 Å². The monoisotopic (exact) mass is 161 g/mol. The molecule has 1 atom stereocenters. The van der Waals surface area contributed by atoms with E-state index in [-0.39, 0.29) is 0 Å². The van der Waals surface area contributed by atoms with Crippen LogP contribution in [0.3, 0.4) is 0 Å². The van der Waals surface area contributed by atoms with Crippen molar-refractivity contribution in [3.63, 3.8) is 0 Å². The van der Waals surface area contributed by atoms with E-state index in [1.807, 2.05) is 0 Å². The maximum atomic E-state index is 5.52. The second-order valence-corrected chi connectivity index (χ2v) is 4.18. The van der Waals surface area contributed by atoms with E-state index in [1.54, 1.807) is 0 Å². The van der Waals surface area contributed by atoms with Crippen molar-refractivity contribution in [2.75, 3.05) is 27.2 Å². The number of rotatable bonds is 5. The summed E-state index contributed by atoms with van der Waals surface area (Å²) in [6.45, 7) is 4.10. The lowest BCUT2D eigenvalue weighted by molar-refractivity contribution is 0.0912. The largest absolute Gasteiger partial charge is 0.381 e. The Morgan fingerprint density at radius 1 is 1.50 bits per heavy atom. The fourth-order valence-corrected chi connectivity index (χ4v) is 0.790. The van der Waals surface area contributed by atoms with E-state index in [4.69, 9.17) is 4.74 Å². The lowest BCUT2D eigenvalue weighted by atomic mass is 10.5. The summed E-state index contributed by atoms with van der Waals surface area (Å²) < 4.78 is 5.52. The molecule has 0 saturated carbocycles. The average Bonchev–Trinajstić information content (AvgIpc) is 1.87. The standard InChI is InChI=1S/C7H19NOSi/c1-4-7(10)9-6-5-8(2)3/h7H,4-6H2,1-3,10H3. The van der Waals surface area contributed by atoms with Crippen LogP contribution in [0.25, 0.3) is 0 Å². The molecule has 0 rings (SSSR count). The van der Waals surface area contributed by atoms with Gasteiger partial charge in [0.05, 0.1) is 6.61 Å². The summed E-state index contributed by atoms with van der Waals surface area (Å²) in [6, 6.07) is 0. The van der Waals surface area contributed by atoms with Crippen LogP contribution in [0.15, 0.2) is 0 Å². The third kappa shape index (κ3) is 6.26. The highest BCUT2D eigenvalue weighted by Gasteiger charge is 1.97. The molecule has 62 valence electrons. The molecule has 0 amide bonds. The maximum absolute atomic E-state index is 5.52. The molecule has 10 heavy (non-hydrogen) atoms. The lowest BCUT2D eigenvalue weighted by Gasteiger charge is -2.13. The minimum atomic E-state index is 0.556. The number of likely N-dealkylation sites (N-methyl/N-ethyl adjacent to an activating group) is 1. The molecule has 0 radical (unpaired) electrons. The molecule has 0 spiro atoms. The Balaban J connectivity index is 3.03. The predicted octanol–water partition coefficient (Wildman–Crippen LogP) is -0.334. The second-order valence-electron chi connectivity index (χ2n) is 2.89. The first-order valence-corrected chi connectivity index (χ1v) is 5.08. The molecule has 0 aromatic carbocycles. The molecule has 0 aromatic heterocycles. The van der Waals surface area contributed by atoms with Crippen molar-refractivity contribution in [3.8, 4) is 0 Å². The van der Waals surface area contributed by atoms with Crippen molar-refractivity contribution in [1.29, 1.82) is 0 Å². The molecule has 1 unspecified atom stereocenters. The van der Waals surface area contributed by atoms with E-state index in [2.05, 4.69) is 25.9 Å². The van der Waals surface area contributed by atoms with Crippen LogP contribution in [0.4, 0.5) is 0 Å². The van der Waals surface area contributed by atoms with Gasteiger partial charge in [0, 0.05) is 22.5 Å². The molecule has 2 nitrogen and oxygen atoms in total. The van der Waals surface area contributed by atoms with Gasteiger partial charge in [-0.15, -0.1) is 0 Å². The van der Waals surface area contributed by atoms with E-state index in [1.165, 1.54) is 6.42 Å². The van der Waals surface area contributed by atoms with Crippen LogP contribution in [0.1, 0.15) is 13.3 Å². The smallest absolute Gasteiger partial charge is 0.0592 e. The van der Waals surface area contributed by atoms with Crippen molar-refractivity contribution >= 4 is 10.2 Å². The highest BCUT2D eigenvalue weighted by molar-refractivity contribution is 6.10. The van der Waals surface area contributed by atoms with Crippen LogP contribution >= 0.6 is 0 Å². The van der Waals surface area contributed by atoms with Crippen LogP contribution in [-0.2, 0) is 4.74 Å². The van der Waals surface area contributed by atoms with Crippen molar-refractivity contribution in [1.82, 2.24) is 4.90 Å². The van der Waals surface area contributed by atoms with Crippen LogP contribution < -0.4 is 0 Å². The summed E-state index contributed by atoms with van der Waals surface area (Å²) in [5.74, 6) is 0. The van der Waals surface area contributed by atoms with E-state index < -0.39 is 0 Å². The number of nitrogens with zero attached hydrogens (tertiary/aromatic N) is 1. The Kier molecular flexibility index (Phi) is 5.97. The molecule has 0 fully saturated rings. The lowest BCUT2D eigenvalue weighted by Crippen LogP contribution is -2.22. The van der Waals surface area contributed by atoms with Crippen molar-refractivity contribution in [3.05, 3.63) is 0 Å². The zero-order valence-electron chi connectivity index (χ0n) is 7.55. The van der Waals surface area contributed by atoms with E-state index in [0.29, 0.717) is 5.73 Å². The summed E-state index contributed by atoms with van der Waals surface area (Å²) >= 11 is 0. The first-order chi connectivity index (χ1) is 4.66. The van der Waals surface area contributed by atoms with E-state index in [0.717, 1.165) is 23.4 Å². The quantitative estimate of drug-likeness (QED) is 0.512. The molecule has 0 aliphatic rings. The van der Waals surface area contributed by atoms with Crippen molar-refractivity contribution in [2.24, 2.45) is 0 Å². The van der Waals surface area contributed by atoms with Gasteiger partial charge in [-0.3, -0.25) is 0 Å². The van der Waals surface area contributed by atoms with Crippen LogP contribution in [0.2, 0.25) is 0 Å². The van der Waals surface area contributed by atoms with E-state index in [9.17, 15) is 0 Å². The van der Waals surface area contributed by atoms with Crippen LogP contribution in [0.5, 0.6) is 0 Å². The van der Waals surface area contributed by atoms with Gasteiger partial charge in [-0.25, -0.2) is 0 Å². The fourth-order valence-electron chi connectivity index (χ4n) is 0.554. The summed E-state index contributed by atoms with van der Waals surface area (Å²) in [7, 11) is 5.29. The number of hydrogen-bond acceptors (Lipinski definition) is 2. The Morgan fingerprint density at radius 3 is 2.50 bits per heavy atom. The maximum Gasteiger partial charge on any atom is 0.0592 e. The second kappa shape index (κ2) is 5.89. The highest BCUT2D eigenvalue weighted by atomic mass is 28.1. The zero-order chi connectivity index (χ0) is 7.98. The molecule has 0 aliphatic carbocycles. The molecular weight excluding hydrogens is 142 g/mol. The Morgan fingerprint density at radius 2 is 2.10 bits per heavy atom. The molecule has 0 N–H and O–H groups in total. The summed E-state index contributed by atoms with van der Waals surface area (Å²) in [6.07, 6.45) is 1.17. The normalized spacial score (nSPS) is 14.4. The number of hydrogen-bond donors (Lipinski definition) is 0. The third-order valence-corrected chi connectivity index (χ3v) is 2.67. The first-order valence-electron chi connectivity index (χ1n) is 3.93. The Labute approximate surface area is 67.0 Å². The van der Waals surface area contributed by atoms with Gasteiger partial charge < -0.3 is 9.64 Å². The van der Waals surface area contributed by atoms with Gasteiger partial charge in [-0.05, 0) is 20.5 Å². The van der Waals surface area contributed by atoms with Gasteiger partial charge in [0.15, 0.2) is 0 Å². The molecular formula is C7H19NOSi. The molecule has 0 heterocycles. The van der Waals surface area contributed by atoms with Gasteiger partial charge >= 0.3 is 0 Å². The number of ether oxygens (including phenoxy) is 1. The SMILES string of the molecule is CCC([SiH3])OCCN(C)C. The highest BCUT2D eigenvalue weighted by Crippen LogP contribution is 1.90. The van der Waals surface area contributed by atoms with Crippen molar-refractivity contribution in [2.45, 2.75) is 19.1 Å². The minimum absolute atomic E-state index is 0.556. The van der Waals surface area contributed by atoms with Gasteiger partial charge in [-0.2, -0.15) is 0 Å². The molecule has 0 saturated heterocycles. The first kappa shape index (κ1) is 10.1. The molecule has 3 heteroatoms. The van der Waals surface area contributed by atoms with Gasteiger partial charge in [0.25, 0.3) is 0 Å². The zero-order valence-corrected chi connectivity index (χ0v) is 9.55. The van der Waals surface area contributed by atoms with E-state index >= 15 is 0 Å². The molecule has 0 bridgehead atoms. The predicted molar refractivity (Wildman–Crippen MR) is 48.5 cm³/mol. The summed E-state index contributed by atoms with van der Waals surface area (Å²) in [5.41, 5.74) is 0.556. The van der Waals surface area contributed by atoms with Crippen molar-refractivity contribution < 1.29 is 4.74 Å². The molecule has 0 aromatic rings. The van der Waals surface area contributed by atoms with Crippen LogP contribution in [0, 0.1) is 0 Å². The minimum Gasteiger partial charge on any atom is -0.381 e.